The van der Waals surface area contributed by atoms with Gasteiger partial charge in [0.05, 0.1) is 16.5 Å². The molecule has 7 heteroatoms. The number of carbonyl (C=O) groups excluding carboxylic acids is 1. The van der Waals surface area contributed by atoms with E-state index >= 15 is 0 Å². The molecule has 1 aliphatic rings. The van der Waals surface area contributed by atoms with Crippen LogP contribution in [-0.4, -0.2) is 26.8 Å². The van der Waals surface area contributed by atoms with Gasteiger partial charge < -0.3 is 9.47 Å². The quantitative estimate of drug-likeness (QED) is 0.508. The molecule has 28 heavy (non-hydrogen) atoms. The summed E-state index contributed by atoms with van der Waals surface area (Å²) in [5.74, 6) is -1.18. The summed E-state index contributed by atoms with van der Waals surface area (Å²) in [4.78, 5) is 25.5. The van der Waals surface area contributed by atoms with Gasteiger partial charge in [0.2, 0.25) is 0 Å². The molecule has 0 saturated heterocycles. The van der Waals surface area contributed by atoms with E-state index in [-0.39, 0.29) is 22.9 Å². The summed E-state index contributed by atoms with van der Waals surface area (Å²) < 4.78 is 16.3. The zero-order chi connectivity index (χ0) is 19.8. The van der Waals surface area contributed by atoms with E-state index in [1.165, 1.54) is 6.92 Å². The highest BCUT2D eigenvalue weighted by Crippen LogP contribution is 2.34. The highest BCUT2D eigenvalue weighted by atomic mass is 19.1. The predicted molar refractivity (Wildman–Crippen MR) is 102 cm³/mol. The Morgan fingerprint density at radius 3 is 2.61 bits per heavy atom. The van der Waals surface area contributed by atoms with Crippen molar-refractivity contribution in [3.05, 3.63) is 99.1 Å². The van der Waals surface area contributed by atoms with E-state index in [1.807, 2.05) is 48.7 Å². The molecule has 0 fully saturated rings. The molecular weight excluding hydrogens is 361 g/mol. The molecule has 0 bridgehead atoms. The number of rotatable bonds is 3. The monoisotopic (exact) mass is 379 g/mol. The number of nitro benzene ring substituents is 1. The Morgan fingerprint density at radius 2 is 1.89 bits per heavy atom. The van der Waals surface area contributed by atoms with Crippen molar-refractivity contribution in [2.24, 2.45) is 0 Å². The number of fused-ring (bicyclic) bond motifs is 1. The summed E-state index contributed by atoms with van der Waals surface area (Å²) in [5.41, 5.74) is 1.40. The number of hydrogen-bond donors (Lipinski definition) is 0. The standard InChI is InChI=1S/C21H18FN3O3/c1-14-17(22)12-16(13-19(14)25(27)28)21(26)24-11-10-23-9-5-8-18(23)20(24)15-6-3-2-4-7-15/h2-9,12-13,20H,10-11H2,1H3. The van der Waals surface area contributed by atoms with Gasteiger partial charge in [-0.2, -0.15) is 0 Å². The molecule has 1 unspecified atom stereocenters. The van der Waals surface area contributed by atoms with E-state index < -0.39 is 16.6 Å². The molecular formula is C21H18FN3O3. The van der Waals surface area contributed by atoms with Crippen LogP contribution in [0.25, 0.3) is 0 Å². The Labute approximate surface area is 161 Å². The summed E-state index contributed by atoms with van der Waals surface area (Å²) >= 11 is 0. The second-order valence-corrected chi connectivity index (χ2v) is 6.80. The smallest absolute Gasteiger partial charge is 0.276 e. The zero-order valence-corrected chi connectivity index (χ0v) is 15.2. The van der Waals surface area contributed by atoms with Crippen molar-refractivity contribution in [2.75, 3.05) is 6.54 Å². The second kappa shape index (κ2) is 6.92. The number of carbonyl (C=O) groups is 1. The first-order valence-electron chi connectivity index (χ1n) is 8.93. The van der Waals surface area contributed by atoms with Gasteiger partial charge in [0.15, 0.2) is 0 Å². The molecule has 1 aromatic heterocycles. The molecule has 2 aromatic carbocycles. The van der Waals surface area contributed by atoms with Gasteiger partial charge in [0.25, 0.3) is 11.6 Å². The molecule has 0 radical (unpaired) electrons. The van der Waals surface area contributed by atoms with E-state index in [2.05, 4.69) is 4.57 Å². The third-order valence-electron chi connectivity index (χ3n) is 5.17. The van der Waals surface area contributed by atoms with Gasteiger partial charge in [-0.25, -0.2) is 4.39 Å². The van der Waals surface area contributed by atoms with Crippen molar-refractivity contribution in [3.8, 4) is 0 Å². The van der Waals surface area contributed by atoms with Crippen molar-refractivity contribution in [3.63, 3.8) is 0 Å². The molecule has 2 heterocycles. The summed E-state index contributed by atoms with van der Waals surface area (Å²) in [6.45, 7) is 2.36. The first-order valence-corrected chi connectivity index (χ1v) is 8.93. The number of hydrogen-bond acceptors (Lipinski definition) is 3. The van der Waals surface area contributed by atoms with Gasteiger partial charge in [-0.3, -0.25) is 14.9 Å². The average molecular weight is 379 g/mol. The maximum atomic E-state index is 14.3. The zero-order valence-electron chi connectivity index (χ0n) is 15.2. The van der Waals surface area contributed by atoms with Crippen LogP contribution in [0.2, 0.25) is 0 Å². The average Bonchev–Trinajstić information content (AvgIpc) is 3.17. The number of amides is 1. The van der Waals surface area contributed by atoms with E-state index in [4.69, 9.17) is 0 Å². The SMILES string of the molecule is Cc1c(F)cc(C(=O)N2CCn3cccc3C2c2ccccc2)cc1[N+](=O)[O-]. The fraction of sp³-hybridized carbons (Fsp3) is 0.190. The van der Waals surface area contributed by atoms with Crippen molar-refractivity contribution in [2.45, 2.75) is 19.5 Å². The Balaban J connectivity index is 1.80. The van der Waals surface area contributed by atoms with Gasteiger partial charge in [0.1, 0.15) is 5.82 Å². The van der Waals surface area contributed by atoms with Crippen LogP contribution in [-0.2, 0) is 6.54 Å². The van der Waals surface area contributed by atoms with E-state index in [1.54, 1.807) is 4.90 Å². The molecule has 0 N–H and O–H groups in total. The number of aromatic nitrogens is 1. The Hall–Kier alpha value is -3.48. The minimum atomic E-state index is -0.755. The highest BCUT2D eigenvalue weighted by molar-refractivity contribution is 5.95. The minimum Gasteiger partial charge on any atom is -0.348 e. The third kappa shape index (κ3) is 2.94. The normalized spacial score (nSPS) is 15.9. The van der Waals surface area contributed by atoms with Crippen LogP contribution >= 0.6 is 0 Å². The molecule has 6 nitrogen and oxygen atoms in total. The van der Waals surface area contributed by atoms with Crippen LogP contribution in [0, 0.1) is 22.9 Å². The third-order valence-corrected chi connectivity index (χ3v) is 5.17. The topological polar surface area (TPSA) is 68.4 Å². The molecule has 1 atom stereocenters. The lowest BCUT2D eigenvalue weighted by atomic mass is 9.98. The molecule has 1 amide bonds. The number of benzene rings is 2. The molecule has 0 saturated carbocycles. The minimum absolute atomic E-state index is 0.0178. The number of nitro groups is 1. The van der Waals surface area contributed by atoms with Gasteiger partial charge >= 0.3 is 0 Å². The maximum absolute atomic E-state index is 14.3. The molecule has 0 spiro atoms. The Kier molecular flexibility index (Phi) is 4.43. The van der Waals surface area contributed by atoms with Crippen LogP contribution in [0.5, 0.6) is 0 Å². The molecule has 142 valence electrons. The first kappa shape index (κ1) is 17.9. The lowest BCUT2D eigenvalue weighted by molar-refractivity contribution is -0.385. The Morgan fingerprint density at radius 1 is 1.14 bits per heavy atom. The largest absolute Gasteiger partial charge is 0.348 e. The van der Waals surface area contributed by atoms with Gasteiger partial charge in [-0.15, -0.1) is 0 Å². The van der Waals surface area contributed by atoms with Crippen LogP contribution in [0.15, 0.2) is 60.8 Å². The lowest BCUT2D eigenvalue weighted by Gasteiger charge is -2.37. The lowest BCUT2D eigenvalue weighted by Crippen LogP contribution is -2.42. The molecule has 3 aromatic rings. The fourth-order valence-corrected chi connectivity index (χ4v) is 3.73. The van der Waals surface area contributed by atoms with Gasteiger partial charge in [-0.1, -0.05) is 30.3 Å². The predicted octanol–water partition coefficient (Wildman–Crippen LogP) is 4.09. The van der Waals surface area contributed by atoms with Crippen LogP contribution in [0.3, 0.4) is 0 Å². The first-order chi connectivity index (χ1) is 13.5. The van der Waals surface area contributed by atoms with Gasteiger partial charge in [0, 0.05) is 36.6 Å². The summed E-state index contributed by atoms with van der Waals surface area (Å²) in [6, 6.07) is 15.4. The summed E-state index contributed by atoms with van der Waals surface area (Å²) in [7, 11) is 0. The van der Waals surface area contributed by atoms with E-state index in [9.17, 15) is 19.3 Å². The van der Waals surface area contributed by atoms with Crippen molar-refractivity contribution < 1.29 is 14.1 Å². The molecule has 1 aliphatic heterocycles. The van der Waals surface area contributed by atoms with E-state index in [0.717, 1.165) is 23.4 Å². The van der Waals surface area contributed by atoms with Crippen molar-refractivity contribution in [1.29, 1.82) is 0 Å². The maximum Gasteiger partial charge on any atom is 0.276 e. The van der Waals surface area contributed by atoms with Crippen LogP contribution < -0.4 is 0 Å². The second-order valence-electron chi connectivity index (χ2n) is 6.80. The van der Waals surface area contributed by atoms with E-state index in [0.29, 0.717) is 13.1 Å². The van der Waals surface area contributed by atoms with Gasteiger partial charge in [-0.05, 0) is 30.7 Å². The molecule has 0 aliphatic carbocycles. The summed E-state index contributed by atoms with van der Waals surface area (Å²) in [6.07, 6.45) is 1.96. The van der Waals surface area contributed by atoms with Crippen molar-refractivity contribution in [1.82, 2.24) is 9.47 Å². The number of nitrogens with zero attached hydrogens (tertiary/aromatic N) is 3. The van der Waals surface area contributed by atoms with Crippen molar-refractivity contribution >= 4 is 11.6 Å². The Bertz CT molecular complexity index is 1060. The highest BCUT2D eigenvalue weighted by Gasteiger charge is 2.33. The summed E-state index contributed by atoms with van der Waals surface area (Å²) in [5, 5.41) is 11.3. The van der Waals surface area contributed by atoms with Crippen LogP contribution in [0.4, 0.5) is 10.1 Å². The van der Waals surface area contributed by atoms with Crippen LogP contribution in [0.1, 0.15) is 33.2 Å². The number of halogens is 1. The fourth-order valence-electron chi connectivity index (χ4n) is 3.73. The molecule has 4 rings (SSSR count).